The fraction of sp³-hybridized carbons (Fsp3) is 0.522. The maximum Gasteiger partial charge on any atom is 0.276 e. The van der Waals surface area contributed by atoms with Crippen molar-refractivity contribution < 1.29 is 14.1 Å². The van der Waals surface area contributed by atoms with E-state index in [4.69, 9.17) is 4.52 Å². The number of benzene rings is 1. The van der Waals surface area contributed by atoms with Crippen molar-refractivity contribution in [3.8, 4) is 11.3 Å². The first-order valence-electron chi connectivity index (χ1n) is 10.5. The molecule has 0 bridgehead atoms. The van der Waals surface area contributed by atoms with E-state index in [0.29, 0.717) is 31.2 Å². The number of nitrogens with zero attached hydrogens (tertiary/aromatic N) is 3. The van der Waals surface area contributed by atoms with Crippen molar-refractivity contribution in [1.29, 1.82) is 0 Å². The first-order chi connectivity index (χ1) is 13.9. The number of amides is 2. The average molecular weight is 398 g/mol. The molecule has 6 heteroatoms. The molecule has 0 unspecified atom stereocenters. The third-order valence-electron chi connectivity index (χ3n) is 5.24. The van der Waals surface area contributed by atoms with Crippen LogP contribution < -0.4 is 0 Å². The molecular formula is C23H31N3O3. The summed E-state index contributed by atoms with van der Waals surface area (Å²) < 4.78 is 5.41. The van der Waals surface area contributed by atoms with Gasteiger partial charge in [-0.1, -0.05) is 48.8 Å². The normalized spacial score (nSPS) is 14.3. The fourth-order valence-electron chi connectivity index (χ4n) is 3.64. The maximum absolute atomic E-state index is 13.0. The van der Waals surface area contributed by atoms with E-state index < -0.39 is 0 Å². The number of carbonyl (C=O) groups is 2. The summed E-state index contributed by atoms with van der Waals surface area (Å²) in [6.07, 6.45) is 3.68. The smallest absolute Gasteiger partial charge is 0.276 e. The second-order valence-electron chi connectivity index (χ2n) is 8.28. The molecule has 2 heterocycles. The van der Waals surface area contributed by atoms with E-state index in [1.165, 1.54) is 6.42 Å². The van der Waals surface area contributed by atoms with Crippen LogP contribution in [-0.4, -0.2) is 52.9 Å². The predicted molar refractivity (Wildman–Crippen MR) is 112 cm³/mol. The van der Waals surface area contributed by atoms with Crippen LogP contribution in [-0.2, 0) is 4.79 Å². The summed E-state index contributed by atoms with van der Waals surface area (Å²) in [6, 6.07) is 9.58. The van der Waals surface area contributed by atoms with Gasteiger partial charge in [-0.25, -0.2) is 0 Å². The van der Waals surface area contributed by atoms with E-state index in [0.717, 1.165) is 37.1 Å². The lowest BCUT2D eigenvalue weighted by atomic mass is 10.1. The fourth-order valence-corrected chi connectivity index (χ4v) is 3.64. The van der Waals surface area contributed by atoms with Gasteiger partial charge in [0.1, 0.15) is 0 Å². The second kappa shape index (κ2) is 9.72. The number of hydrogen-bond donors (Lipinski definition) is 0. The van der Waals surface area contributed by atoms with E-state index in [1.807, 2.05) is 36.1 Å². The first-order valence-corrected chi connectivity index (χ1v) is 10.5. The Morgan fingerprint density at radius 3 is 2.48 bits per heavy atom. The molecule has 6 nitrogen and oxygen atoms in total. The number of aryl methyl sites for hydroxylation is 1. The van der Waals surface area contributed by atoms with Crippen LogP contribution in [0.2, 0.25) is 0 Å². The highest BCUT2D eigenvalue weighted by Gasteiger charge is 2.23. The molecule has 1 aromatic heterocycles. The zero-order valence-corrected chi connectivity index (χ0v) is 17.7. The van der Waals surface area contributed by atoms with Gasteiger partial charge in [0, 0.05) is 44.2 Å². The molecule has 0 aliphatic carbocycles. The van der Waals surface area contributed by atoms with E-state index in [-0.39, 0.29) is 17.5 Å². The maximum atomic E-state index is 13.0. The molecule has 0 atom stereocenters. The highest BCUT2D eigenvalue weighted by atomic mass is 16.5. The van der Waals surface area contributed by atoms with Gasteiger partial charge >= 0.3 is 0 Å². The van der Waals surface area contributed by atoms with Gasteiger partial charge in [0.2, 0.25) is 5.91 Å². The zero-order valence-electron chi connectivity index (χ0n) is 17.7. The Hall–Kier alpha value is -2.63. The lowest BCUT2D eigenvalue weighted by molar-refractivity contribution is -0.132. The van der Waals surface area contributed by atoms with Crippen molar-refractivity contribution in [1.82, 2.24) is 15.0 Å². The monoisotopic (exact) mass is 397 g/mol. The Labute approximate surface area is 172 Å². The zero-order chi connectivity index (χ0) is 20.8. The number of aromatic nitrogens is 1. The van der Waals surface area contributed by atoms with E-state index in [9.17, 15) is 9.59 Å². The molecule has 0 N–H and O–H groups in total. The molecule has 156 valence electrons. The molecule has 1 aliphatic rings. The van der Waals surface area contributed by atoms with Crippen LogP contribution in [0.5, 0.6) is 0 Å². The molecule has 0 radical (unpaired) electrons. The molecule has 3 rings (SSSR count). The van der Waals surface area contributed by atoms with Crippen LogP contribution in [0.1, 0.15) is 55.6 Å². The molecule has 0 spiro atoms. The van der Waals surface area contributed by atoms with Crippen molar-refractivity contribution in [2.75, 3.05) is 26.2 Å². The molecular weight excluding hydrogens is 366 g/mol. The van der Waals surface area contributed by atoms with Crippen molar-refractivity contribution in [2.24, 2.45) is 5.92 Å². The SMILES string of the molecule is Cc1ccc(-c2cc(C(=O)N(CCC(=O)N3CCCCC3)CC(C)C)no2)cc1. The first kappa shape index (κ1) is 21.1. The number of piperidine rings is 1. The van der Waals surface area contributed by atoms with Gasteiger partial charge in [0.25, 0.3) is 5.91 Å². The Morgan fingerprint density at radius 2 is 1.83 bits per heavy atom. The largest absolute Gasteiger partial charge is 0.355 e. The minimum absolute atomic E-state index is 0.131. The van der Waals surface area contributed by atoms with Gasteiger partial charge < -0.3 is 14.3 Å². The summed E-state index contributed by atoms with van der Waals surface area (Å²) in [5, 5.41) is 4.00. The van der Waals surface area contributed by atoms with Gasteiger partial charge in [-0.05, 0) is 32.1 Å². The van der Waals surface area contributed by atoms with Crippen molar-refractivity contribution in [3.63, 3.8) is 0 Å². The lowest BCUT2D eigenvalue weighted by Gasteiger charge is -2.28. The molecule has 1 saturated heterocycles. The molecule has 1 aliphatic heterocycles. The third kappa shape index (κ3) is 5.68. The highest BCUT2D eigenvalue weighted by Crippen LogP contribution is 2.22. The van der Waals surface area contributed by atoms with Crippen LogP contribution >= 0.6 is 0 Å². The second-order valence-corrected chi connectivity index (χ2v) is 8.28. The summed E-state index contributed by atoms with van der Waals surface area (Å²) in [5.41, 5.74) is 2.33. The number of likely N-dealkylation sites (tertiary alicyclic amines) is 1. The predicted octanol–water partition coefficient (Wildman–Crippen LogP) is 4.15. The van der Waals surface area contributed by atoms with Crippen molar-refractivity contribution in [3.05, 3.63) is 41.6 Å². The molecule has 0 saturated carbocycles. The molecule has 29 heavy (non-hydrogen) atoms. The number of rotatable bonds is 7. The topological polar surface area (TPSA) is 66.7 Å². The summed E-state index contributed by atoms with van der Waals surface area (Å²) >= 11 is 0. The van der Waals surface area contributed by atoms with Gasteiger partial charge in [-0.15, -0.1) is 0 Å². The minimum atomic E-state index is -0.188. The van der Waals surface area contributed by atoms with Gasteiger partial charge in [-0.3, -0.25) is 9.59 Å². The molecule has 1 fully saturated rings. The summed E-state index contributed by atoms with van der Waals surface area (Å²) in [4.78, 5) is 29.2. The molecule has 2 amide bonds. The third-order valence-corrected chi connectivity index (χ3v) is 5.24. The Bertz CT molecular complexity index is 820. The van der Waals surface area contributed by atoms with Gasteiger partial charge in [0.05, 0.1) is 0 Å². The standard InChI is InChI=1S/C23H31N3O3/c1-17(2)16-26(14-11-22(27)25-12-5-4-6-13-25)23(28)20-15-21(29-24-20)19-9-7-18(3)8-10-19/h7-10,15,17H,4-6,11-14,16H2,1-3H3. The van der Waals surface area contributed by atoms with Crippen LogP contribution in [0.4, 0.5) is 0 Å². The van der Waals surface area contributed by atoms with Crippen LogP contribution in [0, 0.1) is 12.8 Å². The van der Waals surface area contributed by atoms with Crippen molar-refractivity contribution >= 4 is 11.8 Å². The van der Waals surface area contributed by atoms with E-state index in [1.54, 1.807) is 11.0 Å². The van der Waals surface area contributed by atoms with E-state index >= 15 is 0 Å². The van der Waals surface area contributed by atoms with E-state index in [2.05, 4.69) is 19.0 Å². The summed E-state index contributed by atoms with van der Waals surface area (Å²) in [6.45, 7) is 8.80. The van der Waals surface area contributed by atoms with Crippen LogP contribution in [0.15, 0.2) is 34.9 Å². The Morgan fingerprint density at radius 1 is 1.14 bits per heavy atom. The quantitative estimate of drug-likeness (QED) is 0.704. The van der Waals surface area contributed by atoms with Gasteiger partial charge in [-0.2, -0.15) is 0 Å². The summed E-state index contributed by atoms with van der Waals surface area (Å²) in [7, 11) is 0. The number of carbonyl (C=O) groups excluding carboxylic acids is 2. The van der Waals surface area contributed by atoms with Crippen LogP contribution in [0.3, 0.4) is 0 Å². The minimum Gasteiger partial charge on any atom is -0.355 e. The highest BCUT2D eigenvalue weighted by molar-refractivity contribution is 5.93. The Balaban J connectivity index is 1.67. The van der Waals surface area contributed by atoms with Crippen LogP contribution in [0.25, 0.3) is 11.3 Å². The summed E-state index contributed by atoms with van der Waals surface area (Å²) in [5.74, 6) is 0.814. The average Bonchev–Trinajstić information content (AvgIpc) is 3.21. The van der Waals surface area contributed by atoms with Gasteiger partial charge in [0.15, 0.2) is 11.5 Å². The molecule has 2 aromatic rings. The lowest BCUT2D eigenvalue weighted by Crippen LogP contribution is -2.40. The molecule has 1 aromatic carbocycles. The Kier molecular flexibility index (Phi) is 7.07. The van der Waals surface area contributed by atoms with Crippen molar-refractivity contribution in [2.45, 2.75) is 46.5 Å². The number of hydrogen-bond acceptors (Lipinski definition) is 4.